The van der Waals surface area contributed by atoms with E-state index in [4.69, 9.17) is 4.74 Å². The predicted molar refractivity (Wildman–Crippen MR) is 43.1 cm³/mol. The molecule has 1 heterocycles. The molecule has 0 amide bonds. The van der Waals surface area contributed by atoms with Gasteiger partial charge in [-0.15, -0.1) is 0 Å². The van der Waals surface area contributed by atoms with Crippen molar-refractivity contribution in [1.29, 1.82) is 0 Å². The summed E-state index contributed by atoms with van der Waals surface area (Å²) in [6.07, 6.45) is 1.79. The summed E-state index contributed by atoms with van der Waals surface area (Å²) in [7, 11) is 0. The highest BCUT2D eigenvalue weighted by Gasteiger charge is 2.27. The standard InChI is InChI=1S/C9H16O2/c1-6(2)8-4-7(3)5-9(10)11-8/h6-8H,4-5H2,1-3H3/t7?,8-/m0/s1. The van der Waals surface area contributed by atoms with Gasteiger partial charge in [-0.05, 0) is 18.3 Å². The summed E-state index contributed by atoms with van der Waals surface area (Å²) in [5.41, 5.74) is 0. The van der Waals surface area contributed by atoms with Crippen LogP contribution in [-0.4, -0.2) is 12.1 Å². The van der Waals surface area contributed by atoms with Crippen molar-refractivity contribution < 1.29 is 9.53 Å². The van der Waals surface area contributed by atoms with Crippen molar-refractivity contribution >= 4 is 5.97 Å². The van der Waals surface area contributed by atoms with Gasteiger partial charge in [0, 0.05) is 6.42 Å². The summed E-state index contributed by atoms with van der Waals surface area (Å²) in [5, 5.41) is 0. The number of esters is 1. The van der Waals surface area contributed by atoms with Crippen molar-refractivity contribution in [1.82, 2.24) is 0 Å². The van der Waals surface area contributed by atoms with E-state index in [2.05, 4.69) is 20.8 Å². The fourth-order valence-corrected chi connectivity index (χ4v) is 1.44. The first-order valence-corrected chi connectivity index (χ1v) is 4.29. The van der Waals surface area contributed by atoms with Crippen molar-refractivity contribution in [2.24, 2.45) is 11.8 Å². The Morgan fingerprint density at radius 1 is 1.55 bits per heavy atom. The van der Waals surface area contributed by atoms with Crippen molar-refractivity contribution in [3.05, 3.63) is 0 Å². The largest absolute Gasteiger partial charge is 0.462 e. The summed E-state index contributed by atoms with van der Waals surface area (Å²) in [4.78, 5) is 11.0. The van der Waals surface area contributed by atoms with Gasteiger partial charge in [-0.2, -0.15) is 0 Å². The van der Waals surface area contributed by atoms with Crippen LogP contribution in [0.25, 0.3) is 0 Å². The topological polar surface area (TPSA) is 26.3 Å². The lowest BCUT2D eigenvalue weighted by molar-refractivity contribution is -0.159. The molecular weight excluding hydrogens is 140 g/mol. The maximum absolute atomic E-state index is 11.0. The molecule has 0 aromatic carbocycles. The van der Waals surface area contributed by atoms with Crippen LogP contribution in [0.1, 0.15) is 33.6 Å². The van der Waals surface area contributed by atoms with E-state index in [-0.39, 0.29) is 12.1 Å². The number of carbonyl (C=O) groups is 1. The van der Waals surface area contributed by atoms with E-state index in [0.717, 1.165) is 6.42 Å². The number of cyclic esters (lactones) is 1. The molecule has 1 aliphatic rings. The Labute approximate surface area is 67.9 Å². The van der Waals surface area contributed by atoms with Gasteiger partial charge in [0.1, 0.15) is 6.10 Å². The van der Waals surface area contributed by atoms with E-state index in [1.165, 1.54) is 0 Å². The van der Waals surface area contributed by atoms with Crippen LogP contribution in [0.4, 0.5) is 0 Å². The SMILES string of the molecule is CC1CC(=O)O[C@H](C(C)C)C1. The zero-order chi connectivity index (χ0) is 8.43. The first-order valence-electron chi connectivity index (χ1n) is 4.29. The summed E-state index contributed by atoms with van der Waals surface area (Å²) >= 11 is 0. The van der Waals surface area contributed by atoms with Crippen LogP contribution in [0.15, 0.2) is 0 Å². The van der Waals surface area contributed by atoms with Crippen LogP contribution < -0.4 is 0 Å². The van der Waals surface area contributed by atoms with E-state index in [9.17, 15) is 4.79 Å². The predicted octanol–water partition coefficient (Wildman–Crippen LogP) is 1.98. The first-order chi connectivity index (χ1) is 5.09. The molecular formula is C9H16O2. The van der Waals surface area contributed by atoms with Gasteiger partial charge in [0.15, 0.2) is 0 Å². The highest BCUT2D eigenvalue weighted by Crippen LogP contribution is 2.24. The van der Waals surface area contributed by atoms with Gasteiger partial charge in [-0.3, -0.25) is 4.79 Å². The molecule has 0 spiro atoms. The number of hydrogen-bond acceptors (Lipinski definition) is 2. The van der Waals surface area contributed by atoms with Gasteiger partial charge in [0.05, 0.1) is 0 Å². The Morgan fingerprint density at radius 2 is 2.18 bits per heavy atom. The third-order valence-electron chi connectivity index (χ3n) is 2.18. The molecule has 2 heteroatoms. The average molecular weight is 156 g/mol. The third kappa shape index (κ3) is 2.21. The Balaban J connectivity index is 2.49. The maximum Gasteiger partial charge on any atom is 0.306 e. The van der Waals surface area contributed by atoms with Crippen molar-refractivity contribution in [2.45, 2.75) is 39.7 Å². The van der Waals surface area contributed by atoms with Crippen molar-refractivity contribution in [3.8, 4) is 0 Å². The van der Waals surface area contributed by atoms with E-state index < -0.39 is 0 Å². The minimum atomic E-state index is -0.0255. The van der Waals surface area contributed by atoms with Crippen LogP contribution in [0.3, 0.4) is 0 Å². The number of hydrogen-bond donors (Lipinski definition) is 0. The fraction of sp³-hybridized carbons (Fsp3) is 0.889. The normalized spacial score (nSPS) is 32.2. The van der Waals surface area contributed by atoms with E-state index in [1.807, 2.05) is 0 Å². The van der Waals surface area contributed by atoms with Crippen LogP contribution in [-0.2, 0) is 9.53 Å². The minimum absolute atomic E-state index is 0.0255. The molecule has 2 nitrogen and oxygen atoms in total. The van der Waals surface area contributed by atoms with Crippen LogP contribution in [0, 0.1) is 11.8 Å². The molecule has 0 N–H and O–H groups in total. The van der Waals surface area contributed by atoms with Crippen LogP contribution in [0.2, 0.25) is 0 Å². The third-order valence-corrected chi connectivity index (χ3v) is 2.18. The summed E-state index contributed by atoms with van der Waals surface area (Å²) < 4.78 is 5.18. The van der Waals surface area contributed by atoms with Gasteiger partial charge in [0.2, 0.25) is 0 Å². The number of carbonyl (C=O) groups excluding carboxylic acids is 1. The second kappa shape index (κ2) is 3.24. The molecule has 1 fully saturated rings. The second-order valence-electron chi connectivity index (χ2n) is 3.82. The lowest BCUT2D eigenvalue weighted by atomic mass is 9.91. The zero-order valence-corrected chi connectivity index (χ0v) is 7.46. The highest BCUT2D eigenvalue weighted by atomic mass is 16.5. The molecule has 0 radical (unpaired) electrons. The molecule has 1 unspecified atom stereocenters. The molecule has 1 saturated heterocycles. The maximum atomic E-state index is 11.0. The molecule has 1 aliphatic heterocycles. The Kier molecular flexibility index (Phi) is 2.53. The molecule has 2 atom stereocenters. The molecule has 0 bridgehead atoms. The van der Waals surface area contributed by atoms with Gasteiger partial charge < -0.3 is 4.74 Å². The average Bonchev–Trinajstić information content (AvgIpc) is 1.85. The zero-order valence-electron chi connectivity index (χ0n) is 7.46. The lowest BCUT2D eigenvalue weighted by Crippen LogP contribution is -2.31. The monoisotopic (exact) mass is 156 g/mol. The molecule has 0 aliphatic carbocycles. The summed E-state index contributed by atoms with van der Waals surface area (Å²) in [6.45, 7) is 6.29. The van der Waals surface area contributed by atoms with Crippen molar-refractivity contribution in [2.75, 3.05) is 0 Å². The molecule has 0 saturated carbocycles. The van der Waals surface area contributed by atoms with Gasteiger partial charge in [0.25, 0.3) is 0 Å². The van der Waals surface area contributed by atoms with Crippen LogP contribution >= 0.6 is 0 Å². The molecule has 0 aromatic heterocycles. The van der Waals surface area contributed by atoms with E-state index in [0.29, 0.717) is 18.3 Å². The van der Waals surface area contributed by atoms with E-state index >= 15 is 0 Å². The smallest absolute Gasteiger partial charge is 0.306 e. The van der Waals surface area contributed by atoms with Crippen molar-refractivity contribution in [3.63, 3.8) is 0 Å². The molecule has 64 valence electrons. The lowest BCUT2D eigenvalue weighted by Gasteiger charge is -2.29. The number of ether oxygens (including phenoxy) is 1. The fourth-order valence-electron chi connectivity index (χ4n) is 1.44. The van der Waals surface area contributed by atoms with Gasteiger partial charge in [-0.1, -0.05) is 20.8 Å². The Bertz CT molecular complexity index is 152. The van der Waals surface area contributed by atoms with Gasteiger partial charge >= 0.3 is 5.97 Å². The summed E-state index contributed by atoms with van der Waals surface area (Å²) in [6, 6.07) is 0. The van der Waals surface area contributed by atoms with Gasteiger partial charge in [-0.25, -0.2) is 0 Å². The number of rotatable bonds is 1. The van der Waals surface area contributed by atoms with E-state index in [1.54, 1.807) is 0 Å². The second-order valence-corrected chi connectivity index (χ2v) is 3.82. The minimum Gasteiger partial charge on any atom is -0.462 e. The molecule has 0 aromatic rings. The van der Waals surface area contributed by atoms with Crippen LogP contribution in [0.5, 0.6) is 0 Å². The quantitative estimate of drug-likeness (QED) is 0.543. The molecule has 11 heavy (non-hydrogen) atoms. The Hall–Kier alpha value is -0.530. The first kappa shape index (κ1) is 8.57. The molecule has 1 rings (SSSR count). The highest BCUT2D eigenvalue weighted by molar-refractivity contribution is 5.70. The Morgan fingerprint density at radius 3 is 2.64 bits per heavy atom. The summed E-state index contributed by atoms with van der Waals surface area (Å²) in [5.74, 6) is 0.938.